The van der Waals surface area contributed by atoms with Gasteiger partial charge in [-0.1, -0.05) is 12.1 Å². The molecule has 3 heterocycles. The summed E-state index contributed by atoms with van der Waals surface area (Å²) in [6.45, 7) is 5.19. The summed E-state index contributed by atoms with van der Waals surface area (Å²) in [5.41, 5.74) is 1.19. The van der Waals surface area contributed by atoms with Crippen LogP contribution < -0.4 is 10.6 Å². The predicted molar refractivity (Wildman–Crippen MR) is 131 cm³/mol. The van der Waals surface area contributed by atoms with E-state index in [1.54, 1.807) is 29.7 Å². The molecule has 3 aromatic rings. The maximum atomic E-state index is 12.9. The van der Waals surface area contributed by atoms with Crippen LogP contribution in [-0.2, 0) is 4.74 Å². The first-order valence-electron chi connectivity index (χ1n) is 11.1. The summed E-state index contributed by atoms with van der Waals surface area (Å²) in [4.78, 5) is 31.9. The Kier molecular flexibility index (Phi) is 7.84. The van der Waals surface area contributed by atoms with Gasteiger partial charge >= 0.3 is 0 Å². The topological polar surface area (TPSA) is 110 Å². The van der Waals surface area contributed by atoms with Gasteiger partial charge in [0.1, 0.15) is 5.69 Å². The van der Waals surface area contributed by atoms with E-state index in [2.05, 4.69) is 26.6 Å². The van der Waals surface area contributed by atoms with Crippen LogP contribution in [0.25, 0.3) is 0 Å². The van der Waals surface area contributed by atoms with Gasteiger partial charge in [0.05, 0.1) is 35.9 Å². The number of pyridine rings is 1. The third-order valence-electron chi connectivity index (χ3n) is 5.77. The van der Waals surface area contributed by atoms with E-state index in [-0.39, 0.29) is 29.2 Å². The van der Waals surface area contributed by atoms with Gasteiger partial charge < -0.3 is 15.4 Å². The SMILES string of the molecule is CC(Nc1ccc(C(=O)NCC(c2cccs2)N2CCOCC2)cc1[N+](=O)[O-])c1ccccn1. The van der Waals surface area contributed by atoms with Gasteiger partial charge in [-0.15, -0.1) is 11.3 Å². The lowest BCUT2D eigenvalue weighted by Gasteiger charge is -2.34. The highest BCUT2D eigenvalue weighted by Crippen LogP contribution is 2.29. The monoisotopic (exact) mass is 481 g/mol. The molecule has 9 nitrogen and oxygen atoms in total. The van der Waals surface area contributed by atoms with Crippen molar-refractivity contribution in [3.8, 4) is 0 Å². The average Bonchev–Trinajstić information content (AvgIpc) is 3.40. The van der Waals surface area contributed by atoms with Crippen molar-refractivity contribution >= 4 is 28.6 Å². The highest BCUT2D eigenvalue weighted by atomic mass is 32.1. The quantitative estimate of drug-likeness (QED) is 0.351. The number of aromatic nitrogens is 1. The summed E-state index contributed by atoms with van der Waals surface area (Å²) in [6, 6.07) is 13.9. The third-order valence-corrected chi connectivity index (χ3v) is 6.75. The van der Waals surface area contributed by atoms with Gasteiger partial charge in [-0.05, 0) is 42.6 Å². The molecule has 4 rings (SSSR count). The highest BCUT2D eigenvalue weighted by Gasteiger charge is 2.25. The predicted octanol–water partition coefficient (Wildman–Crippen LogP) is 4.03. The molecule has 1 saturated heterocycles. The number of nitrogens with zero attached hydrogens (tertiary/aromatic N) is 3. The number of amides is 1. The Morgan fingerprint density at radius 3 is 2.74 bits per heavy atom. The van der Waals surface area contributed by atoms with Gasteiger partial charge in [-0.25, -0.2) is 0 Å². The van der Waals surface area contributed by atoms with Gasteiger partial charge in [0.2, 0.25) is 0 Å². The molecule has 2 atom stereocenters. The molecular weight excluding hydrogens is 454 g/mol. The number of benzene rings is 1. The number of nitrogens with one attached hydrogen (secondary N) is 2. The lowest BCUT2D eigenvalue weighted by Crippen LogP contribution is -2.43. The Morgan fingerprint density at radius 1 is 1.24 bits per heavy atom. The molecule has 34 heavy (non-hydrogen) atoms. The van der Waals surface area contributed by atoms with Crippen LogP contribution in [0.2, 0.25) is 0 Å². The molecule has 1 aliphatic rings. The van der Waals surface area contributed by atoms with Crippen LogP contribution >= 0.6 is 11.3 Å². The highest BCUT2D eigenvalue weighted by molar-refractivity contribution is 7.10. The standard InChI is InChI=1S/C24H27N5O4S/c1-17(19-5-2-3-9-25-19)27-20-8-7-18(15-21(20)29(31)32)24(30)26-16-22(23-6-4-14-34-23)28-10-12-33-13-11-28/h2-9,14-15,17,22,27H,10-13,16H2,1H3,(H,26,30). The van der Waals surface area contributed by atoms with Crippen molar-refractivity contribution in [3.05, 3.63) is 86.4 Å². The molecule has 2 N–H and O–H groups in total. The Balaban J connectivity index is 1.47. The fourth-order valence-electron chi connectivity index (χ4n) is 3.96. The molecule has 178 valence electrons. The van der Waals surface area contributed by atoms with Gasteiger partial charge in [0, 0.05) is 42.3 Å². The number of thiophene rings is 1. The van der Waals surface area contributed by atoms with Crippen LogP contribution in [0.3, 0.4) is 0 Å². The zero-order valence-electron chi connectivity index (χ0n) is 18.8. The van der Waals surface area contributed by atoms with Crippen molar-refractivity contribution in [3.63, 3.8) is 0 Å². The second-order valence-corrected chi connectivity index (χ2v) is 8.98. The maximum absolute atomic E-state index is 12.9. The van der Waals surface area contributed by atoms with Gasteiger partial charge in [0.15, 0.2) is 0 Å². The number of hydrogen-bond donors (Lipinski definition) is 2. The van der Waals surface area contributed by atoms with Crippen LogP contribution in [-0.4, -0.2) is 53.6 Å². The van der Waals surface area contributed by atoms with Gasteiger partial charge in [-0.3, -0.25) is 24.8 Å². The molecule has 0 saturated carbocycles. The van der Waals surface area contributed by atoms with E-state index in [4.69, 9.17) is 4.74 Å². The number of rotatable bonds is 9. The van der Waals surface area contributed by atoms with E-state index < -0.39 is 4.92 Å². The number of carbonyl (C=O) groups excluding carboxylic acids is 1. The maximum Gasteiger partial charge on any atom is 0.293 e. The minimum atomic E-state index is -0.480. The zero-order chi connectivity index (χ0) is 23.9. The average molecular weight is 482 g/mol. The molecule has 0 bridgehead atoms. The number of ether oxygens (including phenoxy) is 1. The second kappa shape index (κ2) is 11.2. The van der Waals surface area contributed by atoms with Crippen LogP contribution in [0.15, 0.2) is 60.1 Å². The van der Waals surface area contributed by atoms with Crippen molar-refractivity contribution in [2.45, 2.75) is 19.0 Å². The summed E-state index contributed by atoms with van der Waals surface area (Å²) in [5.74, 6) is -0.345. The Morgan fingerprint density at radius 2 is 2.06 bits per heavy atom. The molecule has 1 fully saturated rings. The lowest BCUT2D eigenvalue weighted by atomic mass is 10.1. The smallest absolute Gasteiger partial charge is 0.293 e. The Labute approximate surface area is 201 Å². The van der Waals surface area contributed by atoms with E-state index >= 15 is 0 Å². The fourth-order valence-corrected chi connectivity index (χ4v) is 4.82. The third kappa shape index (κ3) is 5.77. The molecule has 2 unspecified atom stereocenters. The summed E-state index contributed by atoms with van der Waals surface area (Å²) in [7, 11) is 0. The van der Waals surface area contributed by atoms with E-state index in [1.165, 1.54) is 6.07 Å². The van der Waals surface area contributed by atoms with E-state index in [1.807, 2.05) is 36.6 Å². The summed E-state index contributed by atoms with van der Waals surface area (Å²) in [5, 5.41) is 19.9. The second-order valence-electron chi connectivity index (χ2n) is 8.00. The van der Waals surface area contributed by atoms with E-state index in [9.17, 15) is 14.9 Å². The molecular formula is C24H27N5O4S. The van der Waals surface area contributed by atoms with Crippen LogP contribution in [0.1, 0.15) is 39.9 Å². The van der Waals surface area contributed by atoms with E-state index in [0.29, 0.717) is 25.4 Å². The number of hydrogen-bond acceptors (Lipinski definition) is 8. The Bertz CT molecular complexity index is 1100. The number of carbonyl (C=O) groups is 1. The number of nitro benzene ring substituents is 1. The Hall–Kier alpha value is -3.34. The molecule has 0 radical (unpaired) electrons. The molecule has 1 amide bonds. The molecule has 0 aliphatic carbocycles. The first-order chi connectivity index (χ1) is 16.5. The first kappa shape index (κ1) is 23.8. The zero-order valence-corrected chi connectivity index (χ0v) is 19.7. The number of nitro groups is 1. The van der Waals surface area contributed by atoms with Crippen LogP contribution in [0.4, 0.5) is 11.4 Å². The summed E-state index contributed by atoms with van der Waals surface area (Å²) >= 11 is 1.65. The fraction of sp³-hybridized carbons (Fsp3) is 0.333. The molecule has 0 spiro atoms. The van der Waals surface area contributed by atoms with E-state index in [0.717, 1.165) is 23.7 Å². The number of anilines is 1. The van der Waals surface area contributed by atoms with Crippen molar-refractivity contribution < 1.29 is 14.5 Å². The van der Waals surface area contributed by atoms with Crippen molar-refractivity contribution in [2.24, 2.45) is 0 Å². The summed E-state index contributed by atoms with van der Waals surface area (Å²) in [6.07, 6.45) is 1.68. The molecule has 10 heteroatoms. The van der Waals surface area contributed by atoms with Gasteiger partial charge in [0.25, 0.3) is 11.6 Å². The van der Waals surface area contributed by atoms with Crippen molar-refractivity contribution in [1.29, 1.82) is 0 Å². The van der Waals surface area contributed by atoms with Crippen LogP contribution in [0.5, 0.6) is 0 Å². The first-order valence-corrected chi connectivity index (χ1v) is 12.0. The molecule has 2 aromatic heterocycles. The summed E-state index contributed by atoms with van der Waals surface area (Å²) < 4.78 is 5.47. The number of morpholine rings is 1. The van der Waals surface area contributed by atoms with Crippen molar-refractivity contribution in [1.82, 2.24) is 15.2 Å². The van der Waals surface area contributed by atoms with Gasteiger partial charge in [-0.2, -0.15) is 0 Å². The normalized spacial score (nSPS) is 15.9. The largest absolute Gasteiger partial charge is 0.379 e. The molecule has 1 aromatic carbocycles. The van der Waals surface area contributed by atoms with Crippen molar-refractivity contribution in [2.75, 3.05) is 38.2 Å². The van der Waals surface area contributed by atoms with Crippen LogP contribution in [0, 0.1) is 10.1 Å². The minimum Gasteiger partial charge on any atom is -0.379 e. The lowest BCUT2D eigenvalue weighted by molar-refractivity contribution is -0.384. The molecule has 1 aliphatic heterocycles. The minimum absolute atomic E-state index is 0.0306.